The van der Waals surface area contributed by atoms with Crippen LogP contribution in [0.5, 0.6) is 0 Å². The second-order valence-electron chi connectivity index (χ2n) is 3.08. The van der Waals surface area contributed by atoms with E-state index in [0.717, 1.165) is 0 Å². The van der Waals surface area contributed by atoms with Gasteiger partial charge in [-0.05, 0) is 41.9 Å². The number of hydrogen-bond acceptors (Lipinski definition) is 1. The Hall–Kier alpha value is -0.900. The highest BCUT2D eigenvalue weighted by Crippen LogP contribution is 2.19. The van der Waals surface area contributed by atoms with Crippen molar-refractivity contribution >= 4 is 21.8 Å². The fourth-order valence-corrected chi connectivity index (χ4v) is 1.72. The molecule has 0 fully saturated rings. The number of amides is 1. The summed E-state index contributed by atoms with van der Waals surface area (Å²) in [6, 6.07) is 4.74. The topological polar surface area (TPSA) is 20.3 Å². The van der Waals surface area contributed by atoms with E-state index in [0.29, 0.717) is 17.6 Å². The molecule has 0 heterocycles. The average molecular weight is 274 g/mol. The van der Waals surface area contributed by atoms with E-state index < -0.39 is 5.82 Å². The molecule has 0 atom stereocenters. The van der Waals surface area contributed by atoms with Gasteiger partial charge in [0.05, 0.1) is 10.0 Å². The molecule has 0 saturated carbocycles. The van der Waals surface area contributed by atoms with Gasteiger partial charge in [-0.3, -0.25) is 4.79 Å². The fraction of sp³-hybridized carbons (Fsp3) is 0.364. The van der Waals surface area contributed by atoms with Gasteiger partial charge in [-0.15, -0.1) is 0 Å². The summed E-state index contributed by atoms with van der Waals surface area (Å²) in [4.78, 5) is 13.4. The average Bonchev–Trinajstić information content (AvgIpc) is 2.23. The molecule has 1 aromatic rings. The van der Waals surface area contributed by atoms with Crippen LogP contribution < -0.4 is 0 Å². The van der Waals surface area contributed by atoms with E-state index in [1.54, 1.807) is 17.0 Å². The van der Waals surface area contributed by atoms with Gasteiger partial charge < -0.3 is 4.90 Å². The van der Waals surface area contributed by atoms with Crippen molar-refractivity contribution in [3.8, 4) is 0 Å². The summed E-state index contributed by atoms with van der Waals surface area (Å²) < 4.78 is 13.9. The van der Waals surface area contributed by atoms with Gasteiger partial charge in [-0.25, -0.2) is 4.39 Å². The number of halogens is 2. The van der Waals surface area contributed by atoms with Crippen LogP contribution in [-0.4, -0.2) is 23.9 Å². The molecule has 82 valence electrons. The normalized spacial score (nSPS) is 10.1. The number of carbonyl (C=O) groups excluding carboxylic acids is 1. The molecule has 0 unspecified atom stereocenters. The van der Waals surface area contributed by atoms with Gasteiger partial charge in [0.2, 0.25) is 0 Å². The molecule has 0 N–H and O–H groups in total. The first kappa shape index (κ1) is 12.2. The Morgan fingerprint density at radius 1 is 1.40 bits per heavy atom. The van der Waals surface area contributed by atoms with Gasteiger partial charge in [0.15, 0.2) is 0 Å². The van der Waals surface area contributed by atoms with E-state index in [1.165, 1.54) is 6.07 Å². The van der Waals surface area contributed by atoms with Gasteiger partial charge in [0, 0.05) is 13.1 Å². The zero-order valence-corrected chi connectivity index (χ0v) is 10.3. The van der Waals surface area contributed by atoms with Gasteiger partial charge in [0.1, 0.15) is 5.82 Å². The third-order valence-corrected chi connectivity index (χ3v) is 2.85. The molecule has 1 rings (SSSR count). The molecule has 0 saturated heterocycles. The number of rotatable bonds is 3. The van der Waals surface area contributed by atoms with E-state index in [2.05, 4.69) is 15.9 Å². The maximum absolute atomic E-state index is 13.6. The second kappa shape index (κ2) is 5.26. The van der Waals surface area contributed by atoms with Crippen LogP contribution in [0.25, 0.3) is 0 Å². The molecule has 2 nitrogen and oxygen atoms in total. The van der Waals surface area contributed by atoms with E-state index in [9.17, 15) is 9.18 Å². The Labute approximate surface area is 97.2 Å². The van der Waals surface area contributed by atoms with E-state index in [1.807, 2.05) is 13.8 Å². The van der Waals surface area contributed by atoms with Crippen molar-refractivity contribution in [3.63, 3.8) is 0 Å². The summed E-state index contributed by atoms with van der Waals surface area (Å²) >= 11 is 3.06. The fourth-order valence-electron chi connectivity index (χ4n) is 1.35. The molecule has 4 heteroatoms. The first-order valence-corrected chi connectivity index (χ1v) is 5.64. The highest BCUT2D eigenvalue weighted by Gasteiger charge is 2.17. The lowest BCUT2D eigenvalue weighted by Crippen LogP contribution is -2.31. The molecule has 0 radical (unpaired) electrons. The minimum absolute atomic E-state index is 0.119. The number of benzene rings is 1. The van der Waals surface area contributed by atoms with Gasteiger partial charge in [-0.1, -0.05) is 6.07 Å². The van der Waals surface area contributed by atoms with Crippen LogP contribution in [-0.2, 0) is 0 Å². The first-order chi connectivity index (χ1) is 7.11. The van der Waals surface area contributed by atoms with Crippen LogP contribution in [0.1, 0.15) is 24.2 Å². The van der Waals surface area contributed by atoms with Crippen LogP contribution >= 0.6 is 15.9 Å². The standard InChI is InChI=1S/C11H13BrFNO/c1-3-14(4-2)11(15)8-6-5-7-9(12)10(8)13/h5-7H,3-4H2,1-2H3. The Balaban J connectivity index is 3.05. The first-order valence-electron chi connectivity index (χ1n) is 4.85. The quantitative estimate of drug-likeness (QED) is 0.829. The third-order valence-electron chi connectivity index (χ3n) is 2.23. The van der Waals surface area contributed by atoms with Crippen LogP contribution in [0, 0.1) is 5.82 Å². The van der Waals surface area contributed by atoms with Crippen LogP contribution in [0.2, 0.25) is 0 Å². The second-order valence-corrected chi connectivity index (χ2v) is 3.93. The zero-order valence-electron chi connectivity index (χ0n) is 8.76. The molecule has 0 aliphatic rings. The molecule has 0 aliphatic heterocycles. The van der Waals surface area contributed by atoms with Crippen molar-refractivity contribution in [1.29, 1.82) is 0 Å². The van der Waals surface area contributed by atoms with Crippen molar-refractivity contribution in [2.75, 3.05) is 13.1 Å². The maximum Gasteiger partial charge on any atom is 0.256 e. The Bertz CT molecular complexity index is 364. The van der Waals surface area contributed by atoms with Gasteiger partial charge in [-0.2, -0.15) is 0 Å². The Kier molecular flexibility index (Phi) is 4.27. The maximum atomic E-state index is 13.6. The van der Waals surface area contributed by atoms with Crippen LogP contribution in [0.4, 0.5) is 4.39 Å². The monoisotopic (exact) mass is 273 g/mol. The summed E-state index contributed by atoms with van der Waals surface area (Å²) in [6.07, 6.45) is 0. The summed E-state index contributed by atoms with van der Waals surface area (Å²) in [5.74, 6) is -0.756. The van der Waals surface area contributed by atoms with Crippen LogP contribution in [0.3, 0.4) is 0 Å². The number of carbonyl (C=O) groups is 1. The minimum atomic E-state index is -0.491. The lowest BCUT2D eigenvalue weighted by atomic mass is 10.2. The molecular weight excluding hydrogens is 261 g/mol. The minimum Gasteiger partial charge on any atom is -0.339 e. The number of nitrogens with zero attached hydrogens (tertiary/aromatic N) is 1. The highest BCUT2D eigenvalue weighted by molar-refractivity contribution is 9.10. The molecule has 1 aromatic carbocycles. The number of hydrogen-bond donors (Lipinski definition) is 0. The van der Waals surface area contributed by atoms with E-state index >= 15 is 0 Å². The molecule has 15 heavy (non-hydrogen) atoms. The van der Waals surface area contributed by atoms with Crippen molar-refractivity contribution in [2.45, 2.75) is 13.8 Å². The smallest absolute Gasteiger partial charge is 0.256 e. The van der Waals surface area contributed by atoms with E-state index in [4.69, 9.17) is 0 Å². The van der Waals surface area contributed by atoms with Crippen molar-refractivity contribution < 1.29 is 9.18 Å². The van der Waals surface area contributed by atoms with Crippen LogP contribution in [0.15, 0.2) is 22.7 Å². The third kappa shape index (κ3) is 2.56. The predicted molar refractivity (Wildman–Crippen MR) is 61.4 cm³/mol. The summed E-state index contributed by atoms with van der Waals surface area (Å²) in [7, 11) is 0. The summed E-state index contributed by atoms with van der Waals surface area (Å²) in [6.45, 7) is 4.91. The molecule has 0 aliphatic carbocycles. The van der Waals surface area contributed by atoms with Gasteiger partial charge >= 0.3 is 0 Å². The van der Waals surface area contributed by atoms with Gasteiger partial charge in [0.25, 0.3) is 5.91 Å². The SMILES string of the molecule is CCN(CC)C(=O)c1cccc(Br)c1F. The predicted octanol–water partition coefficient (Wildman–Crippen LogP) is 3.07. The highest BCUT2D eigenvalue weighted by atomic mass is 79.9. The lowest BCUT2D eigenvalue weighted by molar-refractivity contribution is 0.0768. The zero-order chi connectivity index (χ0) is 11.4. The molecule has 0 aromatic heterocycles. The molecule has 1 amide bonds. The van der Waals surface area contributed by atoms with E-state index in [-0.39, 0.29) is 11.5 Å². The summed E-state index contributed by atoms with van der Waals surface area (Å²) in [5.41, 5.74) is 0.119. The van der Waals surface area contributed by atoms with Crippen molar-refractivity contribution in [2.24, 2.45) is 0 Å². The van der Waals surface area contributed by atoms with Crippen molar-refractivity contribution in [1.82, 2.24) is 4.90 Å². The van der Waals surface area contributed by atoms with Crippen molar-refractivity contribution in [3.05, 3.63) is 34.1 Å². The molecule has 0 bridgehead atoms. The summed E-state index contributed by atoms with van der Waals surface area (Å²) in [5, 5.41) is 0. The molecular formula is C11H13BrFNO. The largest absolute Gasteiger partial charge is 0.339 e. The lowest BCUT2D eigenvalue weighted by Gasteiger charge is -2.18. The Morgan fingerprint density at radius 2 is 2.00 bits per heavy atom. The Morgan fingerprint density at radius 3 is 2.53 bits per heavy atom. The molecule has 0 spiro atoms.